The van der Waals surface area contributed by atoms with E-state index in [9.17, 15) is 0 Å². The van der Waals surface area contributed by atoms with Crippen molar-refractivity contribution < 1.29 is 9.47 Å². The normalized spacial score (nSPS) is 21.0. The molecule has 0 bridgehead atoms. The average Bonchev–Trinajstić information content (AvgIpc) is 2.67. The van der Waals surface area contributed by atoms with Crippen LogP contribution in [-0.4, -0.2) is 19.0 Å². The molecule has 10 heavy (non-hydrogen) atoms. The zero-order valence-electron chi connectivity index (χ0n) is 6.85. The van der Waals surface area contributed by atoms with Crippen LogP contribution in [0.1, 0.15) is 33.1 Å². The third-order valence-electron chi connectivity index (χ3n) is 1.63. The molecule has 1 aliphatic rings. The number of ether oxygens (including phenoxy) is 2. The minimum atomic E-state index is -0.148. The second kappa shape index (κ2) is 3.35. The molecule has 1 fully saturated rings. The minimum absolute atomic E-state index is 0.148. The molecule has 0 heterocycles. The Morgan fingerprint density at radius 1 is 1.20 bits per heavy atom. The smallest absolute Gasteiger partial charge is 0.168 e. The Hall–Kier alpha value is -0.0800. The molecule has 2 nitrogen and oxygen atoms in total. The summed E-state index contributed by atoms with van der Waals surface area (Å²) in [6.07, 6.45) is 3.25. The number of hydrogen-bond donors (Lipinski definition) is 0. The Bertz CT molecular complexity index is 97.4. The summed E-state index contributed by atoms with van der Waals surface area (Å²) in [5, 5.41) is 0. The van der Waals surface area contributed by atoms with Crippen LogP contribution in [0.4, 0.5) is 0 Å². The second-order valence-electron chi connectivity index (χ2n) is 2.69. The van der Waals surface area contributed by atoms with Gasteiger partial charge in [-0.05, 0) is 13.3 Å². The summed E-state index contributed by atoms with van der Waals surface area (Å²) in [5.74, 6) is -0.148. The fraction of sp³-hybridized carbons (Fsp3) is 1.00. The molecule has 0 aromatic rings. The minimum Gasteiger partial charge on any atom is -0.350 e. The Morgan fingerprint density at radius 2 is 1.90 bits per heavy atom. The Balaban J connectivity index is 2.11. The van der Waals surface area contributed by atoms with Gasteiger partial charge in [0.25, 0.3) is 0 Å². The van der Waals surface area contributed by atoms with Crippen molar-refractivity contribution in [3.8, 4) is 0 Å². The van der Waals surface area contributed by atoms with E-state index in [1.165, 1.54) is 0 Å². The van der Waals surface area contributed by atoms with E-state index in [1.807, 2.05) is 6.92 Å². The van der Waals surface area contributed by atoms with E-state index in [0.717, 1.165) is 32.5 Å². The maximum Gasteiger partial charge on any atom is 0.168 e. The molecule has 0 aromatic heterocycles. The van der Waals surface area contributed by atoms with E-state index in [-0.39, 0.29) is 5.79 Å². The molecule has 1 saturated carbocycles. The van der Waals surface area contributed by atoms with Gasteiger partial charge in [0.05, 0.1) is 0 Å². The SMILES string of the molecule is CCCOC1(OCC)CC1. The van der Waals surface area contributed by atoms with Crippen molar-refractivity contribution in [2.45, 2.75) is 38.9 Å². The van der Waals surface area contributed by atoms with E-state index < -0.39 is 0 Å². The highest BCUT2D eigenvalue weighted by molar-refractivity contribution is 4.85. The van der Waals surface area contributed by atoms with Crippen LogP contribution in [0.2, 0.25) is 0 Å². The summed E-state index contributed by atoms with van der Waals surface area (Å²) >= 11 is 0. The van der Waals surface area contributed by atoms with E-state index in [2.05, 4.69) is 6.92 Å². The summed E-state index contributed by atoms with van der Waals surface area (Å²) < 4.78 is 10.9. The van der Waals surface area contributed by atoms with E-state index >= 15 is 0 Å². The van der Waals surface area contributed by atoms with Gasteiger partial charge in [0.1, 0.15) is 0 Å². The first-order valence-electron chi connectivity index (χ1n) is 4.11. The van der Waals surface area contributed by atoms with Gasteiger partial charge < -0.3 is 9.47 Å². The standard InChI is InChI=1S/C8H16O2/c1-3-7-10-8(5-6-8)9-4-2/h3-7H2,1-2H3. The molecule has 0 amide bonds. The number of hydrogen-bond acceptors (Lipinski definition) is 2. The lowest BCUT2D eigenvalue weighted by atomic mass is 10.5. The summed E-state index contributed by atoms with van der Waals surface area (Å²) in [6, 6.07) is 0. The summed E-state index contributed by atoms with van der Waals surface area (Å²) in [5.41, 5.74) is 0. The molecule has 0 saturated heterocycles. The van der Waals surface area contributed by atoms with Crippen LogP contribution in [-0.2, 0) is 9.47 Å². The Morgan fingerprint density at radius 3 is 2.30 bits per heavy atom. The van der Waals surface area contributed by atoms with Gasteiger partial charge in [-0.25, -0.2) is 0 Å². The van der Waals surface area contributed by atoms with Crippen LogP contribution in [0.15, 0.2) is 0 Å². The van der Waals surface area contributed by atoms with Gasteiger partial charge >= 0.3 is 0 Å². The third kappa shape index (κ3) is 1.96. The molecule has 1 aliphatic carbocycles. The molecular weight excluding hydrogens is 128 g/mol. The highest BCUT2D eigenvalue weighted by atomic mass is 16.7. The van der Waals surface area contributed by atoms with Crippen LogP contribution >= 0.6 is 0 Å². The molecule has 0 aromatic carbocycles. The van der Waals surface area contributed by atoms with Gasteiger partial charge in [-0.15, -0.1) is 0 Å². The highest BCUT2D eigenvalue weighted by Gasteiger charge is 2.44. The molecule has 0 atom stereocenters. The molecule has 0 aliphatic heterocycles. The van der Waals surface area contributed by atoms with Crippen LogP contribution in [0, 0.1) is 0 Å². The van der Waals surface area contributed by atoms with Gasteiger partial charge in [-0.3, -0.25) is 0 Å². The van der Waals surface area contributed by atoms with Crippen molar-refractivity contribution in [3.63, 3.8) is 0 Å². The maximum absolute atomic E-state index is 5.51. The maximum atomic E-state index is 5.51. The van der Waals surface area contributed by atoms with E-state index in [1.54, 1.807) is 0 Å². The predicted octanol–water partition coefficient (Wildman–Crippen LogP) is 1.94. The molecular formula is C8H16O2. The van der Waals surface area contributed by atoms with Crippen molar-refractivity contribution in [1.29, 1.82) is 0 Å². The third-order valence-corrected chi connectivity index (χ3v) is 1.63. The number of rotatable bonds is 5. The zero-order valence-corrected chi connectivity index (χ0v) is 6.85. The van der Waals surface area contributed by atoms with Gasteiger partial charge in [0, 0.05) is 26.1 Å². The molecule has 60 valence electrons. The van der Waals surface area contributed by atoms with Gasteiger partial charge in [0.15, 0.2) is 5.79 Å². The first-order chi connectivity index (χ1) is 4.83. The first kappa shape index (κ1) is 8.02. The topological polar surface area (TPSA) is 18.5 Å². The fourth-order valence-electron chi connectivity index (χ4n) is 0.984. The van der Waals surface area contributed by atoms with Crippen LogP contribution in [0.5, 0.6) is 0 Å². The molecule has 0 radical (unpaired) electrons. The van der Waals surface area contributed by atoms with Crippen molar-refractivity contribution in [2.24, 2.45) is 0 Å². The van der Waals surface area contributed by atoms with E-state index in [0.29, 0.717) is 0 Å². The van der Waals surface area contributed by atoms with Gasteiger partial charge in [0.2, 0.25) is 0 Å². The zero-order chi connectivity index (χ0) is 7.45. The monoisotopic (exact) mass is 144 g/mol. The predicted molar refractivity (Wildman–Crippen MR) is 39.8 cm³/mol. The summed E-state index contributed by atoms with van der Waals surface area (Å²) in [7, 11) is 0. The molecule has 0 spiro atoms. The molecule has 0 unspecified atom stereocenters. The van der Waals surface area contributed by atoms with Crippen molar-refractivity contribution >= 4 is 0 Å². The molecule has 0 N–H and O–H groups in total. The van der Waals surface area contributed by atoms with Crippen LogP contribution in [0.3, 0.4) is 0 Å². The van der Waals surface area contributed by atoms with Gasteiger partial charge in [-0.2, -0.15) is 0 Å². The quantitative estimate of drug-likeness (QED) is 0.549. The van der Waals surface area contributed by atoms with Crippen LogP contribution in [0.25, 0.3) is 0 Å². The van der Waals surface area contributed by atoms with Crippen LogP contribution < -0.4 is 0 Å². The lowest BCUT2D eigenvalue weighted by Gasteiger charge is -2.15. The highest BCUT2D eigenvalue weighted by Crippen LogP contribution is 2.40. The summed E-state index contributed by atoms with van der Waals surface area (Å²) in [6.45, 7) is 5.72. The van der Waals surface area contributed by atoms with E-state index in [4.69, 9.17) is 9.47 Å². The Labute approximate surface area is 62.5 Å². The Kier molecular flexibility index (Phi) is 2.69. The van der Waals surface area contributed by atoms with Crippen molar-refractivity contribution in [1.82, 2.24) is 0 Å². The molecule has 1 rings (SSSR count). The largest absolute Gasteiger partial charge is 0.350 e. The first-order valence-corrected chi connectivity index (χ1v) is 4.11. The lowest BCUT2D eigenvalue weighted by Crippen LogP contribution is -2.18. The average molecular weight is 144 g/mol. The summed E-state index contributed by atoms with van der Waals surface area (Å²) in [4.78, 5) is 0. The van der Waals surface area contributed by atoms with Crippen molar-refractivity contribution in [3.05, 3.63) is 0 Å². The van der Waals surface area contributed by atoms with Crippen molar-refractivity contribution in [2.75, 3.05) is 13.2 Å². The second-order valence-corrected chi connectivity index (χ2v) is 2.69. The lowest BCUT2D eigenvalue weighted by molar-refractivity contribution is -0.163. The fourth-order valence-corrected chi connectivity index (χ4v) is 0.984. The molecule has 2 heteroatoms. The van der Waals surface area contributed by atoms with Gasteiger partial charge in [-0.1, -0.05) is 6.92 Å².